The summed E-state index contributed by atoms with van der Waals surface area (Å²) in [6.45, 7) is 1.90. The second-order valence-corrected chi connectivity index (χ2v) is 6.19. The van der Waals surface area contributed by atoms with Crippen molar-refractivity contribution in [1.82, 2.24) is 9.97 Å². The highest BCUT2D eigenvalue weighted by molar-refractivity contribution is 5.96. The quantitative estimate of drug-likeness (QED) is 0.553. The minimum absolute atomic E-state index is 0.122. The summed E-state index contributed by atoms with van der Waals surface area (Å²) in [6, 6.07) is 17.5. The Hall–Kier alpha value is -3.67. The molecule has 134 valence electrons. The van der Waals surface area contributed by atoms with Gasteiger partial charge in [0, 0.05) is 11.5 Å². The van der Waals surface area contributed by atoms with E-state index in [0.717, 1.165) is 11.1 Å². The third-order valence-electron chi connectivity index (χ3n) is 4.33. The normalized spacial score (nSPS) is 10.9. The first-order chi connectivity index (χ1) is 13.0. The highest BCUT2D eigenvalue weighted by atomic mass is 19.1. The molecule has 0 unspecified atom stereocenters. The van der Waals surface area contributed by atoms with Crippen LogP contribution < -0.4 is 16.2 Å². The van der Waals surface area contributed by atoms with E-state index in [2.05, 4.69) is 9.97 Å². The zero-order valence-electron chi connectivity index (χ0n) is 14.6. The highest BCUT2D eigenvalue weighted by Crippen LogP contribution is 2.34. The number of halogens is 1. The molecule has 5 nitrogen and oxygen atoms in total. The average molecular weight is 360 g/mol. The van der Waals surface area contributed by atoms with Crippen LogP contribution in [0.4, 0.5) is 16.2 Å². The highest BCUT2D eigenvalue weighted by Gasteiger charge is 2.13. The number of para-hydroxylation sites is 1. The zero-order chi connectivity index (χ0) is 19.0. The van der Waals surface area contributed by atoms with Crippen LogP contribution in [0.15, 0.2) is 60.7 Å². The summed E-state index contributed by atoms with van der Waals surface area (Å²) >= 11 is 0. The number of anilines is 2. The number of rotatable bonds is 3. The summed E-state index contributed by atoms with van der Waals surface area (Å²) < 4.78 is 20.0. The summed E-state index contributed by atoms with van der Waals surface area (Å²) in [5.74, 6) is 1.08. The molecule has 1 aromatic heterocycles. The van der Waals surface area contributed by atoms with Crippen molar-refractivity contribution < 1.29 is 9.13 Å². The molecule has 0 aliphatic carbocycles. The predicted molar refractivity (Wildman–Crippen MR) is 105 cm³/mol. The Labute approximate surface area is 155 Å². The van der Waals surface area contributed by atoms with Crippen molar-refractivity contribution in [2.75, 3.05) is 11.5 Å². The maximum absolute atomic E-state index is 14.2. The van der Waals surface area contributed by atoms with Crippen LogP contribution in [0.2, 0.25) is 0 Å². The van der Waals surface area contributed by atoms with E-state index < -0.39 is 0 Å². The van der Waals surface area contributed by atoms with Crippen molar-refractivity contribution in [2.24, 2.45) is 0 Å². The van der Waals surface area contributed by atoms with E-state index >= 15 is 0 Å². The molecule has 3 aromatic carbocycles. The molecule has 0 aliphatic rings. The minimum Gasteiger partial charge on any atom is -0.457 e. The maximum Gasteiger partial charge on any atom is 0.222 e. The summed E-state index contributed by atoms with van der Waals surface area (Å²) in [5.41, 5.74) is 14.7. The van der Waals surface area contributed by atoms with Gasteiger partial charge in [-0.25, -0.2) is 9.37 Å². The van der Waals surface area contributed by atoms with Crippen LogP contribution >= 0.6 is 0 Å². The molecule has 6 heteroatoms. The van der Waals surface area contributed by atoms with Gasteiger partial charge in [-0.05, 0) is 53.9 Å². The lowest BCUT2D eigenvalue weighted by molar-refractivity contribution is 0.477. The fourth-order valence-electron chi connectivity index (χ4n) is 3.16. The topological polar surface area (TPSA) is 87.0 Å². The lowest BCUT2D eigenvalue weighted by atomic mass is 9.97. The number of nitrogen functional groups attached to an aromatic ring is 2. The number of hydrogen-bond donors (Lipinski definition) is 2. The monoisotopic (exact) mass is 360 g/mol. The van der Waals surface area contributed by atoms with Gasteiger partial charge in [0.15, 0.2) is 0 Å². The number of benzene rings is 3. The molecule has 0 fully saturated rings. The first-order valence-corrected chi connectivity index (χ1v) is 8.37. The van der Waals surface area contributed by atoms with Gasteiger partial charge < -0.3 is 16.2 Å². The largest absolute Gasteiger partial charge is 0.457 e. The molecule has 27 heavy (non-hydrogen) atoms. The van der Waals surface area contributed by atoms with E-state index in [-0.39, 0.29) is 11.8 Å². The van der Waals surface area contributed by atoms with Crippen molar-refractivity contribution in [1.29, 1.82) is 0 Å². The summed E-state index contributed by atoms with van der Waals surface area (Å²) in [4.78, 5) is 8.24. The Morgan fingerprint density at radius 1 is 0.889 bits per heavy atom. The number of aryl methyl sites for hydroxylation is 1. The zero-order valence-corrected chi connectivity index (χ0v) is 14.6. The second kappa shape index (κ2) is 6.57. The van der Waals surface area contributed by atoms with Crippen molar-refractivity contribution in [2.45, 2.75) is 6.92 Å². The lowest BCUT2D eigenvalue weighted by Crippen LogP contribution is -2.02. The number of hydrogen-bond acceptors (Lipinski definition) is 5. The van der Waals surface area contributed by atoms with Crippen LogP contribution in [-0.2, 0) is 0 Å². The average Bonchev–Trinajstić information content (AvgIpc) is 2.61. The fourth-order valence-corrected chi connectivity index (χ4v) is 3.16. The molecule has 4 N–H and O–H groups in total. The molecule has 0 spiro atoms. The van der Waals surface area contributed by atoms with E-state index in [1.165, 1.54) is 12.1 Å². The first kappa shape index (κ1) is 16.8. The van der Waals surface area contributed by atoms with Crippen molar-refractivity contribution in [3.05, 3.63) is 72.0 Å². The number of nitrogens with two attached hydrogens (primary N) is 2. The van der Waals surface area contributed by atoms with Gasteiger partial charge >= 0.3 is 0 Å². The van der Waals surface area contributed by atoms with Crippen molar-refractivity contribution in [3.8, 4) is 22.6 Å². The molecule has 0 atom stereocenters. The molecule has 0 saturated carbocycles. The Morgan fingerprint density at radius 2 is 1.67 bits per heavy atom. The molecule has 1 heterocycles. The third kappa shape index (κ3) is 3.25. The van der Waals surface area contributed by atoms with Gasteiger partial charge in [-0.3, -0.25) is 0 Å². The van der Waals surface area contributed by atoms with Crippen LogP contribution in [0.5, 0.6) is 11.5 Å². The Bertz CT molecular complexity index is 1150. The molecule has 4 rings (SSSR count). The number of fused-ring (bicyclic) bond motifs is 1. The smallest absolute Gasteiger partial charge is 0.222 e. The Balaban J connectivity index is 1.83. The van der Waals surface area contributed by atoms with E-state index in [4.69, 9.17) is 16.2 Å². The Morgan fingerprint density at radius 3 is 2.44 bits per heavy atom. The molecule has 0 aliphatic heterocycles. The standard InChI is InChI=1S/C21H17FN4O/c1-12-17(7-8-18-19(12)20(23)26-21(24)25-18)13-9-14(22)11-16(10-13)27-15-5-3-2-4-6-15/h2-11H,1H3,(H4,23,24,25,26). The maximum atomic E-state index is 14.2. The van der Waals surface area contributed by atoms with Crippen LogP contribution in [0.25, 0.3) is 22.0 Å². The van der Waals surface area contributed by atoms with Gasteiger partial charge in [0.1, 0.15) is 23.1 Å². The van der Waals surface area contributed by atoms with Gasteiger partial charge in [-0.1, -0.05) is 24.3 Å². The predicted octanol–water partition coefficient (Wildman–Crippen LogP) is 4.70. The van der Waals surface area contributed by atoms with Gasteiger partial charge in [-0.15, -0.1) is 0 Å². The summed E-state index contributed by atoms with van der Waals surface area (Å²) in [5, 5.41) is 0.705. The van der Waals surface area contributed by atoms with Gasteiger partial charge in [-0.2, -0.15) is 4.98 Å². The first-order valence-electron chi connectivity index (χ1n) is 8.37. The number of aromatic nitrogens is 2. The molecule has 0 radical (unpaired) electrons. The van der Waals surface area contributed by atoms with Gasteiger partial charge in [0.25, 0.3) is 0 Å². The molecule has 0 bridgehead atoms. The number of nitrogens with zero attached hydrogens (tertiary/aromatic N) is 2. The Kier molecular flexibility index (Phi) is 4.08. The molecule has 0 amide bonds. The van der Waals surface area contributed by atoms with E-state index in [1.54, 1.807) is 12.1 Å². The SMILES string of the molecule is Cc1c(-c2cc(F)cc(Oc3ccccc3)c2)ccc2nc(N)nc(N)c12. The van der Waals surface area contributed by atoms with E-state index in [0.29, 0.717) is 33.8 Å². The van der Waals surface area contributed by atoms with Gasteiger partial charge in [0.2, 0.25) is 5.95 Å². The van der Waals surface area contributed by atoms with Crippen LogP contribution in [-0.4, -0.2) is 9.97 Å². The van der Waals surface area contributed by atoms with E-state index in [1.807, 2.05) is 43.3 Å². The minimum atomic E-state index is -0.389. The van der Waals surface area contributed by atoms with Gasteiger partial charge in [0.05, 0.1) is 5.52 Å². The summed E-state index contributed by atoms with van der Waals surface area (Å²) in [7, 11) is 0. The van der Waals surface area contributed by atoms with Crippen molar-refractivity contribution in [3.63, 3.8) is 0 Å². The van der Waals surface area contributed by atoms with Crippen molar-refractivity contribution >= 4 is 22.7 Å². The lowest BCUT2D eigenvalue weighted by Gasteiger charge is -2.13. The van der Waals surface area contributed by atoms with E-state index in [9.17, 15) is 4.39 Å². The van der Waals surface area contributed by atoms with Crippen LogP contribution in [0.1, 0.15) is 5.56 Å². The molecule has 0 saturated heterocycles. The number of ether oxygens (including phenoxy) is 1. The van der Waals surface area contributed by atoms with Crippen LogP contribution in [0, 0.1) is 12.7 Å². The van der Waals surface area contributed by atoms with Crippen LogP contribution in [0.3, 0.4) is 0 Å². The second-order valence-electron chi connectivity index (χ2n) is 6.19. The summed E-state index contributed by atoms with van der Waals surface area (Å²) in [6.07, 6.45) is 0. The fraction of sp³-hybridized carbons (Fsp3) is 0.0476. The molecular weight excluding hydrogens is 343 g/mol. The molecular formula is C21H17FN4O. The molecule has 4 aromatic rings. The third-order valence-corrected chi connectivity index (χ3v) is 4.33.